The fraction of sp³-hybridized carbons (Fsp3) is 0.316. The van der Waals surface area contributed by atoms with Crippen molar-refractivity contribution in [2.45, 2.75) is 31.7 Å². The number of likely N-dealkylation sites (tertiary alicyclic amines) is 1. The van der Waals surface area contributed by atoms with Crippen molar-refractivity contribution in [3.8, 4) is 0 Å². The van der Waals surface area contributed by atoms with E-state index in [4.69, 9.17) is 11.6 Å². The number of benzene rings is 2. The van der Waals surface area contributed by atoms with Crippen molar-refractivity contribution in [1.82, 2.24) is 4.90 Å². The van der Waals surface area contributed by atoms with E-state index in [1.807, 2.05) is 11.0 Å². The molecule has 0 unspecified atom stereocenters. The molecule has 24 heavy (non-hydrogen) atoms. The highest BCUT2D eigenvalue weighted by Crippen LogP contribution is 2.31. The second-order valence-electron chi connectivity index (χ2n) is 6.05. The Kier molecular flexibility index (Phi) is 5.36. The van der Waals surface area contributed by atoms with Crippen LogP contribution in [0.15, 0.2) is 48.5 Å². The molecule has 1 N–H and O–H groups in total. The van der Waals surface area contributed by atoms with Gasteiger partial charge in [0.2, 0.25) is 0 Å². The largest absolute Gasteiger partial charge is 0.322 e. The number of hydrogen-bond donors (Lipinski definition) is 1. The lowest BCUT2D eigenvalue weighted by Crippen LogP contribution is -2.38. The van der Waals surface area contributed by atoms with E-state index in [1.54, 1.807) is 30.3 Å². The van der Waals surface area contributed by atoms with Crippen LogP contribution in [0.1, 0.15) is 37.3 Å². The number of rotatable bonds is 2. The Balaban J connectivity index is 1.81. The summed E-state index contributed by atoms with van der Waals surface area (Å²) in [6, 6.07) is 13.3. The number of nitrogens with zero attached hydrogens (tertiary/aromatic N) is 1. The first-order valence-electron chi connectivity index (χ1n) is 8.22. The zero-order chi connectivity index (χ0) is 16.9. The van der Waals surface area contributed by atoms with Crippen molar-refractivity contribution >= 4 is 23.3 Å². The van der Waals surface area contributed by atoms with Crippen LogP contribution in [0.3, 0.4) is 0 Å². The van der Waals surface area contributed by atoms with Gasteiger partial charge in [0, 0.05) is 17.3 Å². The second kappa shape index (κ2) is 7.67. The van der Waals surface area contributed by atoms with Gasteiger partial charge in [-0.15, -0.1) is 0 Å². The van der Waals surface area contributed by atoms with E-state index in [9.17, 15) is 9.18 Å². The zero-order valence-electron chi connectivity index (χ0n) is 13.3. The first kappa shape index (κ1) is 16.8. The molecular weight excluding hydrogens is 327 g/mol. The summed E-state index contributed by atoms with van der Waals surface area (Å²) in [4.78, 5) is 14.6. The summed E-state index contributed by atoms with van der Waals surface area (Å²) in [5, 5.41) is 3.54. The Hall–Kier alpha value is -2.07. The maximum atomic E-state index is 13.6. The molecule has 2 aromatic carbocycles. The number of halogens is 2. The van der Waals surface area contributed by atoms with Crippen LogP contribution < -0.4 is 5.32 Å². The Bertz CT molecular complexity index is 705. The van der Waals surface area contributed by atoms with Gasteiger partial charge in [-0.2, -0.15) is 0 Å². The Labute approximate surface area is 146 Å². The van der Waals surface area contributed by atoms with E-state index in [0.29, 0.717) is 17.3 Å². The molecule has 1 aliphatic rings. The lowest BCUT2D eigenvalue weighted by molar-refractivity contribution is 0.189. The van der Waals surface area contributed by atoms with Crippen LogP contribution >= 0.6 is 11.6 Å². The molecule has 2 amide bonds. The fourth-order valence-electron chi connectivity index (χ4n) is 3.14. The van der Waals surface area contributed by atoms with Crippen molar-refractivity contribution in [3.05, 3.63) is 64.9 Å². The van der Waals surface area contributed by atoms with Gasteiger partial charge in [-0.05, 0) is 54.8 Å². The molecule has 0 spiro atoms. The monoisotopic (exact) mass is 346 g/mol. The third-order valence-corrected chi connectivity index (χ3v) is 4.59. The van der Waals surface area contributed by atoms with Gasteiger partial charge in [-0.1, -0.05) is 36.6 Å². The number of amides is 2. The van der Waals surface area contributed by atoms with Crippen molar-refractivity contribution in [1.29, 1.82) is 0 Å². The number of urea groups is 1. The molecule has 126 valence electrons. The molecule has 1 fully saturated rings. The van der Waals surface area contributed by atoms with E-state index in [2.05, 4.69) is 5.32 Å². The lowest BCUT2D eigenvalue weighted by Gasteiger charge is -2.30. The quantitative estimate of drug-likeness (QED) is 0.751. The van der Waals surface area contributed by atoms with Crippen LogP contribution in [0.5, 0.6) is 0 Å². The predicted molar refractivity (Wildman–Crippen MR) is 94.8 cm³/mol. The molecule has 1 heterocycles. The molecule has 0 aromatic heterocycles. The molecule has 0 aliphatic carbocycles. The van der Waals surface area contributed by atoms with Gasteiger partial charge in [0.05, 0.1) is 6.04 Å². The first-order valence-corrected chi connectivity index (χ1v) is 8.60. The standard InChI is InChI=1S/C19H20ClFN2O/c20-15-8-10-17(11-9-15)22-19(24)23-12-3-1-2-7-18(23)14-5-4-6-16(21)13-14/h4-6,8-11,13,18H,1-3,7,12H2,(H,22,24)/t18-/m0/s1. The summed E-state index contributed by atoms with van der Waals surface area (Å²) in [6.07, 6.45) is 3.92. The average molecular weight is 347 g/mol. The molecule has 2 aromatic rings. The smallest absolute Gasteiger partial charge is 0.317 e. The minimum atomic E-state index is -0.269. The highest BCUT2D eigenvalue weighted by Gasteiger charge is 2.27. The molecule has 1 atom stereocenters. The third kappa shape index (κ3) is 4.06. The van der Waals surface area contributed by atoms with E-state index >= 15 is 0 Å². The summed E-state index contributed by atoms with van der Waals surface area (Å²) < 4.78 is 13.6. The van der Waals surface area contributed by atoms with E-state index < -0.39 is 0 Å². The second-order valence-corrected chi connectivity index (χ2v) is 6.49. The number of carbonyl (C=O) groups is 1. The number of hydrogen-bond acceptors (Lipinski definition) is 1. The van der Waals surface area contributed by atoms with Gasteiger partial charge >= 0.3 is 6.03 Å². The molecule has 0 saturated carbocycles. The lowest BCUT2D eigenvalue weighted by atomic mass is 10.0. The maximum absolute atomic E-state index is 13.6. The van der Waals surface area contributed by atoms with Gasteiger partial charge in [-0.3, -0.25) is 0 Å². The normalized spacial score (nSPS) is 18.1. The Morgan fingerprint density at radius 2 is 1.92 bits per heavy atom. The summed E-state index contributed by atoms with van der Waals surface area (Å²) in [5.41, 5.74) is 1.55. The molecule has 0 bridgehead atoms. The Morgan fingerprint density at radius 3 is 2.67 bits per heavy atom. The van der Waals surface area contributed by atoms with Gasteiger partial charge in [0.25, 0.3) is 0 Å². The zero-order valence-corrected chi connectivity index (χ0v) is 14.1. The van der Waals surface area contributed by atoms with E-state index in [-0.39, 0.29) is 17.9 Å². The van der Waals surface area contributed by atoms with Gasteiger partial charge in [-0.25, -0.2) is 9.18 Å². The minimum absolute atomic E-state index is 0.101. The van der Waals surface area contributed by atoms with Gasteiger partial charge in [0.15, 0.2) is 0 Å². The van der Waals surface area contributed by atoms with Gasteiger partial charge in [0.1, 0.15) is 5.82 Å². The molecular formula is C19H20ClFN2O. The SMILES string of the molecule is O=C(Nc1ccc(Cl)cc1)N1CCCCC[C@H]1c1cccc(F)c1. The van der Waals surface area contributed by atoms with Crippen molar-refractivity contribution in [3.63, 3.8) is 0 Å². The summed E-state index contributed by atoms with van der Waals surface area (Å²) >= 11 is 5.88. The topological polar surface area (TPSA) is 32.3 Å². The van der Waals surface area contributed by atoms with Crippen LogP contribution in [0.25, 0.3) is 0 Å². The fourth-order valence-corrected chi connectivity index (χ4v) is 3.27. The van der Waals surface area contributed by atoms with Crippen LogP contribution in [-0.4, -0.2) is 17.5 Å². The van der Waals surface area contributed by atoms with E-state index in [1.165, 1.54) is 12.1 Å². The van der Waals surface area contributed by atoms with E-state index in [0.717, 1.165) is 31.2 Å². The van der Waals surface area contributed by atoms with Crippen LogP contribution in [-0.2, 0) is 0 Å². The van der Waals surface area contributed by atoms with Crippen LogP contribution in [0.4, 0.5) is 14.9 Å². The maximum Gasteiger partial charge on any atom is 0.322 e. The van der Waals surface area contributed by atoms with Crippen molar-refractivity contribution in [2.24, 2.45) is 0 Å². The summed E-state index contributed by atoms with van der Waals surface area (Å²) in [6.45, 7) is 0.667. The molecule has 3 rings (SSSR count). The summed E-state index contributed by atoms with van der Waals surface area (Å²) in [7, 11) is 0. The average Bonchev–Trinajstić information content (AvgIpc) is 2.83. The number of anilines is 1. The van der Waals surface area contributed by atoms with Crippen molar-refractivity contribution in [2.75, 3.05) is 11.9 Å². The highest BCUT2D eigenvalue weighted by atomic mass is 35.5. The molecule has 5 heteroatoms. The molecule has 1 aliphatic heterocycles. The minimum Gasteiger partial charge on any atom is -0.317 e. The van der Waals surface area contributed by atoms with Crippen molar-refractivity contribution < 1.29 is 9.18 Å². The number of nitrogens with one attached hydrogen (secondary N) is 1. The highest BCUT2D eigenvalue weighted by molar-refractivity contribution is 6.30. The Morgan fingerprint density at radius 1 is 1.12 bits per heavy atom. The summed E-state index contributed by atoms with van der Waals surface area (Å²) in [5.74, 6) is -0.269. The van der Waals surface area contributed by atoms with Gasteiger partial charge < -0.3 is 10.2 Å². The molecule has 3 nitrogen and oxygen atoms in total. The first-order chi connectivity index (χ1) is 11.6. The van der Waals surface area contributed by atoms with Crippen LogP contribution in [0.2, 0.25) is 5.02 Å². The molecule has 0 radical (unpaired) electrons. The van der Waals surface area contributed by atoms with Crippen LogP contribution in [0, 0.1) is 5.82 Å². The third-order valence-electron chi connectivity index (χ3n) is 4.34. The predicted octanol–water partition coefficient (Wildman–Crippen LogP) is 5.63. The molecule has 1 saturated heterocycles. The number of carbonyl (C=O) groups excluding carboxylic acids is 1.